The van der Waals surface area contributed by atoms with E-state index in [1.807, 2.05) is 38.1 Å². The Kier molecular flexibility index (Phi) is 4.98. The summed E-state index contributed by atoms with van der Waals surface area (Å²) in [4.78, 5) is 16.3. The van der Waals surface area contributed by atoms with E-state index in [0.717, 1.165) is 28.7 Å². The van der Waals surface area contributed by atoms with Crippen LogP contribution >= 0.6 is 0 Å². The molecule has 0 aliphatic carbocycles. The molecule has 3 rings (SSSR count). The van der Waals surface area contributed by atoms with E-state index in [2.05, 4.69) is 29.4 Å². The van der Waals surface area contributed by atoms with Crippen LogP contribution in [0.25, 0.3) is 10.9 Å². The summed E-state index contributed by atoms with van der Waals surface area (Å²) < 4.78 is 5.21. The zero-order chi connectivity index (χ0) is 17.8. The fourth-order valence-corrected chi connectivity index (χ4v) is 2.65. The molecule has 0 amide bonds. The number of ether oxygens (including phenoxy) is 1. The summed E-state index contributed by atoms with van der Waals surface area (Å²) in [5.74, 6) is -0.302. The molecule has 0 radical (unpaired) electrons. The van der Waals surface area contributed by atoms with E-state index >= 15 is 0 Å². The molecule has 0 aliphatic rings. The quantitative estimate of drug-likeness (QED) is 0.659. The number of aryl methyl sites for hydroxylation is 1. The van der Waals surface area contributed by atoms with Gasteiger partial charge < -0.3 is 10.1 Å². The molecule has 3 aromatic rings. The molecule has 0 aliphatic heterocycles. The number of aromatic nitrogens is 1. The molecule has 1 aromatic heterocycles. The summed E-state index contributed by atoms with van der Waals surface area (Å²) in [5.41, 5.74) is 4.69. The van der Waals surface area contributed by atoms with Gasteiger partial charge in [0, 0.05) is 23.0 Å². The second-order valence-electron chi connectivity index (χ2n) is 6.22. The number of nitrogens with one attached hydrogen (secondary N) is 1. The Hall–Kier alpha value is -2.88. The van der Waals surface area contributed by atoms with E-state index in [1.54, 1.807) is 18.3 Å². The molecule has 0 unspecified atom stereocenters. The molecule has 0 spiro atoms. The summed E-state index contributed by atoms with van der Waals surface area (Å²) in [6, 6.07) is 15.6. The number of benzene rings is 2. The second kappa shape index (κ2) is 7.34. The highest BCUT2D eigenvalue weighted by molar-refractivity contribution is 5.94. The van der Waals surface area contributed by atoms with Gasteiger partial charge >= 0.3 is 5.97 Å². The lowest BCUT2D eigenvalue weighted by Gasteiger charge is -2.11. The number of anilines is 2. The molecule has 25 heavy (non-hydrogen) atoms. The van der Waals surface area contributed by atoms with Gasteiger partial charge in [0.25, 0.3) is 0 Å². The predicted octanol–water partition coefficient (Wildman–Crippen LogP) is 5.11. The minimum atomic E-state index is -0.302. The molecular formula is C21H22N2O2. The molecule has 128 valence electrons. The number of nitrogens with zero attached hydrogens (tertiary/aromatic N) is 1. The van der Waals surface area contributed by atoms with Crippen LogP contribution in [-0.2, 0) is 11.2 Å². The Morgan fingerprint density at radius 2 is 1.88 bits per heavy atom. The van der Waals surface area contributed by atoms with Gasteiger partial charge in [0.1, 0.15) is 0 Å². The van der Waals surface area contributed by atoms with Crippen LogP contribution in [0.3, 0.4) is 0 Å². The number of fused-ring (bicyclic) bond motifs is 1. The summed E-state index contributed by atoms with van der Waals surface area (Å²) in [5, 5.41) is 4.50. The lowest BCUT2D eigenvalue weighted by molar-refractivity contribution is 0.0378. The van der Waals surface area contributed by atoms with Crippen LogP contribution in [0.15, 0.2) is 54.7 Å². The molecule has 4 nitrogen and oxygen atoms in total. The van der Waals surface area contributed by atoms with Gasteiger partial charge in [-0.05, 0) is 68.3 Å². The van der Waals surface area contributed by atoms with Crippen molar-refractivity contribution >= 4 is 28.2 Å². The SMILES string of the molecule is CCc1ccc2nccc(Nc3ccc(C(=O)OC(C)C)cc3)c2c1. The van der Waals surface area contributed by atoms with Crippen molar-refractivity contribution in [3.8, 4) is 0 Å². The first-order valence-corrected chi connectivity index (χ1v) is 8.52. The lowest BCUT2D eigenvalue weighted by Crippen LogP contribution is -2.11. The molecular weight excluding hydrogens is 312 g/mol. The molecule has 0 fully saturated rings. The Labute approximate surface area is 147 Å². The highest BCUT2D eigenvalue weighted by Gasteiger charge is 2.09. The lowest BCUT2D eigenvalue weighted by atomic mass is 10.1. The largest absolute Gasteiger partial charge is 0.459 e. The average Bonchev–Trinajstić information content (AvgIpc) is 2.61. The number of carbonyl (C=O) groups is 1. The van der Waals surface area contributed by atoms with Crippen molar-refractivity contribution in [1.82, 2.24) is 4.98 Å². The number of rotatable bonds is 5. The van der Waals surface area contributed by atoms with E-state index in [1.165, 1.54) is 5.56 Å². The van der Waals surface area contributed by atoms with Crippen molar-refractivity contribution in [3.63, 3.8) is 0 Å². The topological polar surface area (TPSA) is 51.2 Å². The monoisotopic (exact) mass is 334 g/mol. The molecule has 2 aromatic carbocycles. The molecule has 1 heterocycles. The van der Waals surface area contributed by atoms with E-state index in [0.29, 0.717) is 5.56 Å². The summed E-state index contributed by atoms with van der Waals surface area (Å²) in [6.07, 6.45) is 2.66. The van der Waals surface area contributed by atoms with Crippen molar-refractivity contribution in [2.75, 3.05) is 5.32 Å². The third kappa shape index (κ3) is 3.97. The Balaban J connectivity index is 1.85. The third-order valence-electron chi connectivity index (χ3n) is 3.96. The van der Waals surface area contributed by atoms with Crippen molar-refractivity contribution in [2.45, 2.75) is 33.3 Å². The summed E-state index contributed by atoms with van der Waals surface area (Å²) in [6.45, 7) is 5.82. The summed E-state index contributed by atoms with van der Waals surface area (Å²) >= 11 is 0. The van der Waals surface area contributed by atoms with Crippen LogP contribution in [0.5, 0.6) is 0 Å². The third-order valence-corrected chi connectivity index (χ3v) is 3.96. The Morgan fingerprint density at radius 3 is 2.56 bits per heavy atom. The van der Waals surface area contributed by atoms with Gasteiger partial charge in [0.05, 0.1) is 17.2 Å². The zero-order valence-corrected chi connectivity index (χ0v) is 14.7. The maximum atomic E-state index is 11.9. The van der Waals surface area contributed by atoms with Gasteiger partial charge in [-0.25, -0.2) is 4.79 Å². The van der Waals surface area contributed by atoms with Gasteiger partial charge in [-0.1, -0.05) is 13.0 Å². The number of carbonyl (C=O) groups excluding carboxylic acids is 1. The Bertz CT molecular complexity index is 886. The number of esters is 1. The first-order chi connectivity index (χ1) is 12.1. The summed E-state index contributed by atoms with van der Waals surface area (Å²) in [7, 11) is 0. The van der Waals surface area contributed by atoms with Gasteiger partial charge in [-0.15, -0.1) is 0 Å². The van der Waals surface area contributed by atoms with Crippen molar-refractivity contribution in [3.05, 3.63) is 65.9 Å². The van der Waals surface area contributed by atoms with Crippen LogP contribution in [0, 0.1) is 0 Å². The average molecular weight is 334 g/mol. The van der Waals surface area contributed by atoms with E-state index in [-0.39, 0.29) is 12.1 Å². The van der Waals surface area contributed by atoms with Crippen molar-refractivity contribution < 1.29 is 9.53 Å². The van der Waals surface area contributed by atoms with Gasteiger partial charge in [0.15, 0.2) is 0 Å². The fourth-order valence-electron chi connectivity index (χ4n) is 2.65. The predicted molar refractivity (Wildman–Crippen MR) is 101 cm³/mol. The van der Waals surface area contributed by atoms with Crippen molar-refractivity contribution in [1.29, 1.82) is 0 Å². The second-order valence-corrected chi connectivity index (χ2v) is 6.22. The van der Waals surface area contributed by atoms with Crippen LogP contribution in [0.1, 0.15) is 36.7 Å². The molecule has 0 saturated carbocycles. The van der Waals surface area contributed by atoms with Crippen LogP contribution < -0.4 is 5.32 Å². The maximum Gasteiger partial charge on any atom is 0.338 e. The van der Waals surface area contributed by atoms with E-state index < -0.39 is 0 Å². The Morgan fingerprint density at radius 1 is 1.12 bits per heavy atom. The molecule has 0 atom stereocenters. The van der Waals surface area contributed by atoms with Gasteiger partial charge in [0.2, 0.25) is 0 Å². The standard InChI is InChI=1S/C21H22N2O2/c1-4-15-5-10-19-18(13-15)20(11-12-22-19)23-17-8-6-16(7-9-17)21(24)25-14(2)3/h5-14H,4H2,1-3H3,(H,22,23). The molecule has 0 saturated heterocycles. The van der Waals surface area contributed by atoms with Crippen LogP contribution in [0.2, 0.25) is 0 Å². The zero-order valence-electron chi connectivity index (χ0n) is 14.7. The number of hydrogen-bond acceptors (Lipinski definition) is 4. The number of hydrogen-bond donors (Lipinski definition) is 1. The van der Waals surface area contributed by atoms with Gasteiger partial charge in [-0.2, -0.15) is 0 Å². The number of pyridine rings is 1. The van der Waals surface area contributed by atoms with Crippen LogP contribution in [0.4, 0.5) is 11.4 Å². The normalized spacial score (nSPS) is 10.9. The molecule has 0 bridgehead atoms. The molecule has 1 N–H and O–H groups in total. The van der Waals surface area contributed by atoms with Gasteiger partial charge in [-0.3, -0.25) is 4.98 Å². The van der Waals surface area contributed by atoms with Crippen molar-refractivity contribution in [2.24, 2.45) is 0 Å². The molecule has 4 heteroatoms. The minimum Gasteiger partial charge on any atom is -0.459 e. The first kappa shape index (κ1) is 17.0. The fraction of sp³-hybridized carbons (Fsp3) is 0.238. The van der Waals surface area contributed by atoms with E-state index in [4.69, 9.17) is 4.74 Å². The minimum absolute atomic E-state index is 0.124. The first-order valence-electron chi connectivity index (χ1n) is 8.52. The smallest absolute Gasteiger partial charge is 0.338 e. The van der Waals surface area contributed by atoms with E-state index in [9.17, 15) is 4.79 Å². The van der Waals surface area contributed by atoms with Crippen LogP contribution in [-0.4, -0.2) is 17.1 Å². The highest BCUT2D eigenvalue weighted by Crippen LogP contribution is 2.26. The maximum absolute atomic E-state index is 11.9. The highest BCUT2D eigenvalue weighted by atomic mass is 16.5.